The van der Waals surface area contributed by atoms with Crippen LogP contribution in [-0.2, 0) is 52.6 Å². The Bertz CT molecular complexity index is 1230. The number of hydrogen-bond acceptors (Lipinski definition) is 7. The summed E-state index contributed by atoms with van der Waals surface area (Å²) in [6, 6.07) is 29.8. The first-order valence-electron chi connectivity index (χ1n) is 14.9. The lowest BCUT2D eigenvalue weighted by Crippen LogP contribution is -2.47. The van der Waals surface area contributed by atoms with E-state index < -0.39 is 18.5 Å². The SMILES string of the molecule is O=C(CCCc1ccccc1)OC1C[C@@H](OC(=O)CCCc2ccccc2)C(OC(=O)CCCc2ccccc2)CO1. The molecule has 222 valence electrons. The molecule has 42 heavy (non-hydrogen) atoms. The molecule has 0 aromatic heterocycles. The van der Waals surface area contributed by atoms with E-state index in [1.165, 1.54) is 0 Å². The van der Waals surface area contributed by atoms with E-state index in [4.69, 9.17) is 18.9 Å². The van der Waals surface area contributed by atoms with Gasteiger partial charge in [0.25, 0.3) is 0 Å². The minimum atomic E-state index is -0.871. The summed E-state index contributed by atoms with van der Waals surface area (Å²) in [5.41, 5.74) is 3.46. The summed E-state index contributed by atoms with van der Waals surface area (Å²) in [5, 5.41) is 0. The predicted octanol–water partition coefficient (Wildman–Crippen LogP) is 6.17. The molecule has 0 aliphatic carbocycles. The van der Waals surface area contributed by atoms with Crippen molar-refractivity contribution in [3.63, 3.8) is 0 Å². The Hall–Kier alpha value is -3.97. The molecule has 4 rings (SSSR count). The van der Waals surface area contributed by atoms with Crippen molar-refractivity contribution < 1.29 is 33.3 Å². The number of carbonyl (C=O) groups excluding carboxylic acids is 3. The van der Waals surface area contributed by atoms with E-state index in [9.17, 15) is 14.4 Å². The molecule has 1 fully saturated rings. The third kappa shape index (κ3) is 11.1. The quantitative estimate of drug-likeness (QED) is 0.159. The largest absolute Gasteiger partial charge is 0.458 e. The van der Waals surface area contributed by atoms with Gasteiger partial charge in [-0.15, -0.1) is 0 Å². The van der Waals surface area contributed by atoms with Crippen LogP contribution in [0.2, 0.25) is 0 Å². The van der Waals surface area contributed by atoms with Crippen molar-refractivity contribution in [2.45, 2.75) is 82.7 Å². The number of benzene rings is 3. The van der Waals surface area contributed by atoms with Gasteiger partial charge < -0.3 is 18.9 Å². The van der Waals surface area contributed by atoms with Crippen molar-refractivity contribution in [1.29, 1.82) is 0 Å². The summed E-state index contributed by atoms with van der Waals surface area (Å²) in [7, 11) is 0. The maximum absolute atomic E-state index is 12.8. The lowest BCUT2D eigenvalue weighted by Gasteiger charge is -2.34. The highest BCUT2D eigenvalue weighted by atomic mass is 16.7. The molecule has 0 bridgehead atoms. The third-order valence-electron chi connectivity index (χ3n) is 7.18. The number of hydrogen-bond donors (Lipinski definition) is 0. The molecule has 0 amide bonds. The highest BCUT2D eigenvalue weighted by molar-refractivity contribution is 5.71. The van der Waals surface area contributed by atoms with Gasteiger partial charge in [-0.05, 0) is 55.2 Å². The van der Waals surface area contributed by atoms with E-state index in [1.807, 2.05) is 91.0 Å². The van der Waals surface area contributed by atoms with Crippen molar-refractivity contribution >= 4 is 17.9 Å². The average molecular weight is 573 g/mol. The zero-order chi connectivity index (χ0) is 29.4. The van der Waals surface area contributed by atoms with Crippen LogP contribution < -0.4 is 0 Å². The van der Waals surface area contributed by atoms with E-state index in [0.717, 1.165) is 36.0 Å². The molecule has 3 aromatic carbocycles. The molecule has 1 aliphatic heterocycles. The van der Waals surface area contributed by atoms with Crippen LogP contribution in [-0.4, -0.2) is 43.0 Å². The van der Waals surface area contributed by atoms with Gasteiger partial charge in [-0.25, -0.2) is 0 Å². The summed E-state index contributed by atoms with van der Waals surface area (Å²) >= 11 is 0. The first kappa shape index (κ1) is 31.0. The molecule has 2 unspecified atom stereocenters. The van der Waals surface area contributed by atoms with E-state index >= 15 is 0 Å². The minimum Gasteiger partial charge on any atom is -0.458 e. The Morgan fingerprint density at radius 2 is 0.929 bits per heavy atom. The normalized spacial score (nSPS) is 18.1. The second kappa shape index (κ2) is 17.1. The molecule has 1 aliphatic rings. The number of aryl methyl sites for hydroxylation is 3. The van der Waals surface area contributed by atoms with Gasteiger partial charge >= 0.3 is 17.9 Å². The summed E-state index contributed by atoms with van der Waals surface area (Å²) in [6.45, 7) is -0.0195. The predicted molar refractivity (Wildman–Crippen MR) is 158 cm³/mol. The number of ether oxygens (including phenoxy) is 4. The van der Waals surface area contributed by atoms with Crippen LogP contribution in [0.15, 0.2) is 91.0 Å². The fourth-order valence-electron chi connectivity index (χ4n) is 4.94. The summed E-state index contributed by atoms with van der Waals surface area (Å²) < 4.78 is 22.8. The van der Waals surface area contributed by atoms with E-state index in [-0.39, 0.29) is 50.2 Å². The third-order valence-corrected chi connectivity index (χ3v) is 7.18. The second-order valence-corrected chi connectivity index (χ2v) is 10.6. The standard InChI is InChI=1S/C35H40O7/c36-32(22-10-19-27-13-4-1-5-14-27)40-30-25-35(42-34(38)24-12-21-29-17-8-3-9-18-29)39-26-31(30)41-33(37)23-11-20-28-15-6-2-7-16-28/h1-9,13-18,30-31,35H,10-12,19-26H2/t30-,31?,35?/m1/s1. The molecular weight excluding hydrogens is 532 g/mol. The zero-order valence-electron chi connectivity index (χ0n) is 24.0. The van der Waals surface area contributed by atoms with Crippen LogP contribution in [0.4, 0.5) is 0 Å². The van der Waals surface area contributed by atoms with Gasteiger partial charge in [-0.1, -0.05) is 91.0 Å². The fraction of sp³-hybridized carbons (Fsp3) is 0.400. The lowest BCUT2D eigenvalue weighted by molar-refractivity contribution is -0.230. The van der Waals surface area contributed by atoms with Gasteiger partial charge in [0.05, 0.1) is 13.0 Å². The second-order valence-electron chi connectivity index (χ2n) is 10.6. The van der Waals surface area contributed by atoms with Crippen LogP contribution in [0.1, 0.15) is 61.6 Å². The van der Waals surface area contributed by atoms with Gasteiger partial charge in [0, 0.05) is 19.3 Å². The molecule has 3 atom stereocenters. The Morgan fingerprint density at radius 1 is 0.548 bits per heavy atom. The van der Waals surface area contributed by atoms with Crippen molar-refractivity contribution in [2.75, 3.05) is 6.61 Å². The molecule has 0 spiro atoms. The van der Waals surface area contributed by atoms with Gasteiger partial charge in [0.1, 0.15) is 6.10 Å². The summed E-state index contributed by atoms with van der Waals surface area (Å²) in [6.07, 6.45) is 2.65. The molecule has 7 nitrogen and oxygen atoms in total. The maximum Gasteiger partial charge on any atom is 0.308 e. The molecule has 0 radical (unpaired) electrons. The van der Waals surface area contributed by atoms with E-state index in [2.05, 4.69) is 0 Å². The average Bonchev–Trinajstić information content (AvgIpc) is 3.00. The summed E-state index contributed by atoms with van der Waals surface area (Å²) in [4.78, 5) is 37.9. The maximum atomic E-state index is 12.8. The van der Waals surface area contributed by atoms with Crippen LogP contribution >= 0.6 is 0 Å². The van der Waals surface area contributed by atoms with Crippen LogP contribution in [0.25, 0.3) is 0 Å². The Labute approximate surface area is 248 Å². The molecule has 7 heteroatoms. The van der Waals surface area contributed by atoms with E-state index in [0.29, 0.717) is 19.3 Å². The first-order valence-corrected chi connectivity index (χ1v) is 14.9. The number of rotatable bonds is 15. The Balaban J connectivity index is 1.26. The van der Waals surface area contributed by atoms with Gasteiger partial charge in [0.15, 0.2) is 6.10 Å². The van der Waals surface area contributed by atoms with Gasteiger partial charge in [-0.2, -0.15) is 0 Å². The van der Waals surface area contributed by atoms with Crippen molar-refractivity contribution in [2.24, 2.45) is 0 Å². The summed E-state index contributed by atoms with van der Waals surface area (Å²) in [5.74, 6) is -1.13. The van der Waals surface area contributed by atoms with Crippen molar-refractivity contribution in [3.05, 3.63) is 108 Å². The van der Waals surface area contributed by atoms with Crippen LogP contribution in [0, 0.1) is 0 Å². The topological polar surface area (TPSA) is 88.1 Å². The molecule has 1 saturated heterocycles. The van der Waals surface area contributed by atoms with Gasteiger partial charge in [-0.3, -0.25) is 14.4 Å². The van der Waals surface area contributed by atoms with Crippen molar-refractivity contribution in [3.8, 4) is 0 Å². The molecular formula is C35H40O7. The fourth-order valence-corrected chi connectivity index (χ4v) is 4.94. The van der Waals surface area contributed by atoms with Crippen LogP contribution in [0.5, 0.6) is 0 Å². The van der Waals surface area contributed by atoms with Crippen molar-refractivity contribution in [1.82, 2.24) is 0 Å². The first-order chi connectivity index (χ1) is 20.5. The molecule has 0 N–H and O–H groups in total. The Kier molecular flexibility index (Phi) is 12.6. The number of esters is 3. The molecule has 1 heterocycles. The number of carbonyl (C=O) groups is 3. The van der Waals surface area contributed by atoms with Crippen LogP contribution in [0.3, 0.4) is 0 Å². The van der Waals surface area contributed by atoms with Gasteiger partial charge in [0.2, 0.25) is 6.29 Å². The highest BCUT2D eigenvalue weighted by Gasteiger charge is 2.38. The molecule has 3 aromatic rings. The molecule has 0 saturated carbocycles. The van der Waals surface area contributed by atoms with E-state index in [1.54, 1.807) is 0 Å². The lowest BCUT2D eigenvalue weighted by atomic mass is 10.1. The smallest absolute Gasteiger partial charge is 0.308 e. The monoisotopic (exact) mass is 572 g/mol. The zero-order valence-corrected chi connectivity index (χ0v) is 24.0. The minimum absolute atomic E-state index is 0.0195. The Morgan fingerprint density at radius 3 is 1.36 bits per heavy atom. The highest BCUT2D eigenvalue weighted by Crippen LogP contribution is 2.23.